The Morgan fingerprint density at radius 1 is 1.47 bits per heavy atom. The first-order valence-corrected chi connectivity index (χ1v) is 5.97. The van der Waals surface area contributed by atoms with Crippen LogP contribution >= 0.6 is 11.8 Å². The van der Waals surface area contributed by atoms with Gasteiger partial charge in [0.2, 0.25) is 0 Å². The highest BCUT2D eigenvalue weighted by atomic mass is 32.2. The summed E-state index contributed by atoms with van der Waals surface area (Å²) < 4.78 is 5.47. The molecule has 5 heteroatoms. The molecule has 2 heterocycles. The van der Waals surface area contributed by atoms with Crippen LogP contribution in [0.1, 0.15) is 6.42 Å². The normalized spacial score (nSPS) is 26.5. The number of nitrogens with zero attached hydrogens (tertiary/aromatic N) is 2. The van der Waals surface area contributed by atoms with Crippen molar-refractivity contribution in [3.8, 4) is 0 Å². The first kappa shape index (κ1) is 10.9. The molecule has 82 valence electrons. The minimum atomic E-state index is 0.408. The van der Waals surface area contributed by atoms with Gasteiger partial charge in [-0.1, -0.05) is 11.8 Å². The second-order valence-electron chi connectivity index (χ2n) is 3.45. The first-order chi connectivity index (χ1) is 7.40. The zero-order chi connectivity index (χ0) is 10.5. The summed E-state index contributed by atoms with van der Waals surface area (Å²) in [4.78, 5) is 8.42. The van der Waals surface area contributed by atoms with Crippen LogP contribution in [-0.4, -0.2) is 41.5 Å². The topological polar surface area (TPSA) is 47.0 Å². The molecule has 4 nitrogen and oxygen atoms in total. The van der Waals surface area contributed by atoms with Gasteiger partial charge in [0.05, 0.1) is 11.9 Å². The summed E-state index contributed by atoms with van der Waals surface area (Å²) in [7, 11) is 2.00. The lowest BCUT2D eigenvalue weighted by Gasteiger charge is -2.30. The predicted octanol–water partition coefficient (Wildman–Crippen LogP) is 0.946. The van der Waals surface area contributed by atoms with E-state index < -0.39 is 0 Å². The van der Waals surface area contributed by atoms with Gasteiger partial charge in [0.25, 0.3) is 0 Å². The van der Waals surface area contributed by atoms with Gasteiger partial charge in [-0.3, -0.25) is 0 Å². The van der Waals surface area contributed by atoms with Crippen LogP contribution < -0.4 is 5.32 Å². The third kappa shape index (κ3) is 2.90. The van der Waals surface area contributed by atoms with Gasteiger partial charge in [-0.15, -0.1) is 0 Å². The summed E-state index contributed by atoms with van der Waals surface area (Å²) >= 11 is 1.69. The third-order valence-electron chi connectivity index (χ3n) is 2.47. The van der Waals surface area contributed by atoms with Crippen molar-refractivity contribution in [1.82, 2.24) is 15.3 Å². The van der Waals surface area contributed by atoms with Crippen molar-refractivity contribution in [2.45, 2.75) is 22.9 Å². The van der Waals surface area contributed by atoms with E-state index in [9.17, 15) is 0 Å². The average molecular weight is 225 g/mol. The Morgan fingerprint density at radius 3 is 3.00 bits per heavy atom. The van der Waals surface area contributed by atoms with Crippen LogP contribution in [0.2, 0.25) is 0 Å². The van der Waals surface area contributed by atoms with Crippen LogP contribution in [0.25, 0.3) is 0 Å². The fourth-order valence-electron chi connectivity index (χ4n) is 1.64. The van der Waals surface area contributed by atoms with E-state index in [2.05, 4.69) is 15.3 Å². The molecular weight excluding hydrogens is 210 g/mol. The second kappa shape index (κ2) is 5.44. The van der Waals surface area contributed by atoms with Gasteiger partial charge in [0, 0.05) is 25.0 Å². The zero-order valence-corrected chi connectivity index (χ0v) is 9.54. The lowest BCUT2D eigenvalue weighted by atomic mass is 10.1. The summed E-state index contributed by atoms with van der Waals surface area (Å²) in [5.74, 6) is 0. The molecule has 0 saturated carbocycles. The standard InChI is InChI=1S/C10H15N3OS/c1-11-8-3-6-14-7-9(8)15-10-12-4-2-5-13-10/h2,4-5,8-9,11H,3,6-7H2,1H3. The van der Waals surface area contributed by atoms with Crippen molar-refractivity contribution in [2.24, 2.45) is 0 Å². The maximum Gasteiger partial charge on any atom is 0.187 e. The first-order valence-electron chi connectivity index (χ1n) is 5.09. The molecule has 1 aliphatic rings. The fourth-order valence-corrected chi connectivity index (χ4v) is 2.75. The quantitative estimate of drug-likeness (QED) is 0.776. The van der Waals surface area contributed by atoms with Crippen LogP contribution in [0.4, 0.5) is 0 Å². The van der Waals surface area contributed by atoms with E-state index in [4.69, 9.17) is 4.74 Å². The molecular formula is C10H15N3OS. The average Bonchev–Trinajstić information content (AvgIpc) is 2.31. The molecule has 0 spiro atoms. The van der Waals surface area contributed by atoms with E-state index in [1.165, 1.54) is 0 Å². The molecule has 2 unspecified atom stereocenters. The van der Waals surface area contributed by atoms with Gasteiger partial charge >= 0.3 is 0 Å². The maximum atomic E-state index is 5.47. The Kier molecular flexibility index (Phi) is 3.94. The van der Waals surface area contributed by atoms with Gasteiger partial charge in [0.1, 0.15) is 0 Å². The molecule has 1 aromatic rings. The molecule has 1 saturated heterocycles. The smallest absolute Gasteiger partial charge is 0.187 e. The predicted molar refractivity (Wildman–Crippen MR) is 60.0 cm³/mol. The van der Waals surface area contributed by atoms with E-state index in [1.807, 2.05) is 13.1 Å². The number of thioether (sulfide) groups is 1. The summed E-state index contributed by atoms with van der Waals surface area (Å²) in [5.41, 5.74) is 0. The minimum Gasteiger partial charge on any atom is -0.380 e. The van der Waals surface area contributed by atoms with Crippen LogP contribution in [-0.2, 0) is 4.74 Å². The highest BCUT2D eigenvalue weighted by Gasteiger charge is 2.25. The van der Waals surface area contributed by atoms with Crippen molar-refractivity contribution < 1.29 is 4.74 Å². The lowest BCUT2D eigenvalue weighted by molar-refractivity contribution is 0.0850. The molecule has 1 aliphatic heterocycles. The molecule has 0 radical (unpaired) electrons. The zero-order valence-electron chi connectivity index (χ0n) is 8.72. The molecule has 2 atom stereocenters. The number of hydrogen-bond acceptors (Lipinski definition) is 5. The third-order valence-corrected chi connectivity index (χ3v) is 3.66. The van der Waals surface area contributed by atoms with Crippen molar-refractivity contribution in [3.63, 3.8) is 0 Å². The van der Waals surface area contributed by atoms with Crippen LogP contribution in [0, 0.1) is 0 Å². The van der Waals surface area contributed by atoms with Gasteiger partial charge in [0.15, 0.2) is 5.16 Å². The largest absolute Gasteiger partial charge is 0.380 e. The van der Waals surface area contributed by atoms with Crippen molar-refractivity contribution in [1.29, 1.82) is 0 Å². The molecule has 0 aromatic carbocycles. The van der Waals surface area contributed by atoms with Crippen LogP contribution in [0.15, 0.2) is 23.6 Å². The number of nitrogens with one attached hydrogen (secondary N) is 1. The summed E-state index contributed by atoms with van der Waals surface area (Å²) in [6.07, 6.45) is 4.60. The molecule has 0 aliphatic carbocycles. The summed E-state index contributed by atoms with van der Waals surface area (Å²) in [5, 5.41) is 4.55. The fraction of sp³-hybridized carbons (Fsp3) is 0.600. The minimum absolute atomic E-state index is 0.408. The van der Waals surface area contributed by atoms with Gasteiger partial charge < -0.3 is 10.1 Å². The van der Waals surface area contributed by atoms with E-state index in [0.717, 1.165) is 24.8 Å². The molecule has 2 rings (SSSR count). The van der Waals surface area contributed by atoms with Crippen molar-refractivity contribution in [3.05, 3.63) is 18.5 Å². The van der Waals surface area contributed by atoms with Gasteiger partial charge in [-0.05, 0) is 19.5 Å². The van der Waals surface area contributed by atoms with E-state index >= 15 is 0 Å². The van der Waals surface area contributed by atoms with E-state index in [1.54, 1.807) is 24.2 Å². The number of hydrogen-bond donors (Lipinski definition) is 1. The molecule has 1 aromatic heterocycles. The Balaban J connectivity index is 1.97. The van der Waals surface area contributed by atoms with Crippen LogP contribution in [0.5, 0.6) is 0 Å². The SMILES string of the molecule is CNC1CCOCC1Sc1ncccn1. The molecule has 1 N–H and O–H groups in total. The Bertz CT molecular complexity index is 296. The van der Waals surface area contributed by atoms with E-state index in [0.29, 0.717) is 11.3 Å². The second-order valence-corrected chi connectivity index (χ2v) is 4.65. The Hall–Kier alpha value is -0.650. The number of rotatable bonds is 3. The monoisotopic (exact) mass is 225 g/mol. The number of aromatic nitrogens is 2. The lowest BCUT2D eigenvalue weighted by Crippen LogP contribution is -2.43. The number of ether oxygens (including phenoxy) is 1. The molecule has 1 fully saturated rings. The maximum absolute atomic E-state index is 5.47. The van der Waals surface area contributed by atoms with Gasteiger partial charge in [-0.2, -0.15) is 0 Å². The molecule has 0 bridgehead atoms. The highest BCUT2D eigenvalue weighted by molar-refractivity contribution is 7.99. The van der Waals surface area contributed by atoms with Crippen molar-refractivity contribution in [2.75, 3.05) is 20.3 Å². The van der Waals surface area contributed by atoms with Crippen molar-refractivity contribution >= 4 is 11.8 Å². The summed E-state index contributed by atoms with van der Waals surface area (Å²) in [6.45, 7) is 1.62. The summed E-state index contributed by atoms with van der Waals surface area (Å²) in [6, 6.07) is 2.32. The Morgan fingerprint density at radius 2 is 2.27 bits per heavy atom. The van der Waals surface area contributed by atoms with Crippen LogP contribution in [0.3, 0.4) is 0 Å². The van der Waals surface area contributed by atoms with E-state index in [-0.39, 0.29) is 0 Å². The highest BCUT2D eigenvalue weighted by Crippen LogP contribution is 2.25. The molecule has 15 heavy (non-hydrogen) atoms. The molecule has 0 amide bonds. The Labute approximate surface area is 93.8 Å². The van der Waals surface area contributed by atoms with Gasteiger partial charge in [-0.25, -0.2) is 9.97 Å².